The van der Waals surface area contributed by atoms with Crippen molar-refractivity contribution in [2.24, 2.45) is 0 Å². The molecule has 0 spiro atoms. The van der Waals surface area contributed by atoms with Gasteiger partial charge in [0.25, 0.3) is 21.6 Å². The van der Waals surface area contributed by atoms with E-state index in [9.17, 15) is 28.1 Å². The summed E-state index contributed by atoms with van der Waals surface area (Å²) >= 11 is 0. The van der Waals surface area contributed by atoms with Crippen molar-refractivity contribution in [1.29, 1.82) is 0 Å². The lowest BCUT2D eigenvalue weighted by Crippen LogP contribution is -2.30. The van der Waals surface area contributed by atoms with E-state index in [4.69, 9.17) is 0 Å². The van der Waals surface area contributed by atoms with Gasteiger partial charge in [-0.25, -0.2) is 17.9 Å². The fraction of sp³-hybridized carbons (Fsp3) is 0. The maximum Gasteiger partial charge on any atom is 0.323 e. The molecule has 0 atom stereocenters. The second-order valence-corrected chi connectivity index (χ2v) is 7.89. The first-order chi connectivity index (χ1) is 14.7. The molecule has 3 aromatic rings. The Balaban J connectivity index is 1.64. The first-order valence-corrected chi connectivity index (χ1v) is 10.3. The highest BCUT2D eigenvalue weighted by molar-refractivity contribution is 7.90. The standard InChI is InChI=1S/C20H16N4O6S/c25-19(14-6-10-17(11-7-14)24(27)28)23-31(29,30)18-12-8-16(9-13-18)22-20(26)21-15-4-2-1-3-5-15/h1-13H,(H,23,25)(H2,21,22,26). The lowest BCUT2D eigenvalue weighted by atomic mass is 10.2. The van der Waals surface area contributed by atoms with Crippen LogP contribution in [0.5, 0.6) is 0 Å². The Morgan fingerprint density at radius 2 is 1.32 bits per heavy atom. The van der Waals surface area contributed by atoms with Gasteiger partial charge in [0.05, 0.1) is 9.82 Å². The molecule has 10 nitrogen and oxygen atoms in total. The van der Waals surface area contributed by atoms with E-state index in [1.165, 1.54) is 24.3 Å². The van der Waals surface area contributed by atoms with Crippen LogP contribution in [-0.2, 0) is 10.0 Å². The van der Waals surface area contributed by atoms with Gasteiger partial charge in [-0.1, -0.05) is 18.2 Å². The topological polar surface area (TPSA) is 148 Å². The maximum atomic E-state index is 12.4. The Hall–Kier alpha value is -4.25. The molecule has 0 radical (unpaired) electrons. The van der Waals surface area contributed by atoms with Gasteiger partial charge < -0.3 is 10.6 Å². The third kappa shape index (κ3) is 5.64. The number of nitro groups is 1. The number of nitro benzene ring substituents is 1. The lowest BCUT2D eigenvalue weighted by Gasteiger charge is -2.10. The van der Waals surface area contributed by atoms with E-state index in [0.29, 0.717) is 11.4 Å². The molecule has 158 valence electrons. The summed E-state index contributed by atoms with van der Waals surface area (Å²) in [5.41, 5.74) is 0.658. The molecular weight excluding hydrogens is 424 g/mol. The molecule has 11 heteroatoms. The maximum absolute atomic E-state index is 12.4. The Labute approximate surface area is 177 Å². The van der Waals surface area contributed by atoms with Gasteiger partial charge in [0.15, 0.2) is 0 Å². The normalized spacial score (nSPS) is 10.7. The molecule has 0 unspecified atom stereocenters. The molecule has 0 saturated carbocycles. The van der Waals surface area contributed by atoms with Gasteiger partial charge in [-0.15, -0.1) is 0 Å². The number of urea groups is 1. The number of hydrogen-bond acceptors (Lipinski definition) is 6. The van der Waals surface area contributed by atoms with E-state index in [1.807, 2.05) is 10.8 Å². The van der Waals surface area contributed by atoms with Crippen LogP contribution in [0, 0.1) is 10.1 Å². The first kappa shape index (κ1) is 21.5. The molecular formula is C20H16N4O6S. The number of non-ortho nitro benzene ring substituents is 1. The molecule has 0 bridgehead atoms. The quantitative estimate of drug-likeness (QED) is 0.395. The van der Waals surface area contributed by atoms with E-state index in [2.05, 4.69) is 10.6 Å². The number of sulfonamides is 1. The van der Waals surface area contributed by atoms with Gasteiger partial charge in [-0.2, -0.15) is 0 Å². The molecule has 0 aliphatic heterocycles. The molecule has 0 fully saturated rings. The highest BCUT2D eigenvalue weighted by atomic mass is 32.2. The molecule has 0 aliphatic carbocycles. The van der Waals surface area contributed by atoms with E-state index < -0.39 is 26.9 Å². The minimum absolute atomic E-state index is 0.0509. The number of nitrogens with zero attached hydrogens (tertiary/aromatic N) is 1. The molecule has 31 heavy (non-hydrogen) atoms. The van der Waals surface area contributed by atoms with E-state index in [-0.39, 0.29) is 16.1 Å². The van der Waals surface area contributed by atoms with Gasteiger partial charge in [0.2, 0.25) is 0 Å². The Morgan fingerprint density at radius 1 is 0.774 bits per heavy atom. The average molecular weight is 440 g/mol. The van der Waals surface area contributed by atoms with Crippen LogP contribution in [0.1, 0.15) is 10.4 Å². The largest absolute Gasteiger partial charge is 0.323 e. The zero-order chi connectivity index (χ0) is 22.4. The van der Waals surface area contributed by atoms with Crippen LogP contribution < -0.4 is 15.4 Å². The second-order valence-electron chi connectivity index (χ2n) is 6.21. The summed E-state index contributed by atoms with van der Waals surface area (Å²) < 4.78 is 26.7. The SMILES string of the molecule is O=C(Nc1ccccc1)Nc1ccc(S(=O)(=O)NC(=O)c2ccc([N+](=O)[O-])cc2)cc1. The molecule has 3 amide bonds. The molecule has 0 heterocycles. The van der Waals surface area contributed by atoms with E-state index in [1.54, 1.807) is 24.3 Å². The summed E-state index contributed by atoms with van der Waals surface area (Å²) in [5, 5.41) is 15.8. The highest BCUT2D eigenvalue weighted by Crippen LogP contribution is 2.16. The van der Waals surface area contributed by atoms with Crippen LogP contribution in [0.3, 0.4) is 0 Å². The van der Waals surface area contributed by atoms with Crippen LogP contribution in [0.2, 0.25) is 0 Å². The van der Waals surface area contributed by atoms with Crippen LogP contribution in [0.15, 0.2) is 83.8 Å². The van der Waals surface area contributed by atoms with E-state index >= 15 is 0 Å². The smallest absolute Gasteiger partial charge is 0.308 e. The Bertz CT molecular complexity index is 1210. The Morgan fingerprint density at radius 3 is 1.87 bits per heavy atom. The summed E-state index contributed by atoms with van der Waals surface area (Å²) in [7, 11) is -4.19. The summed E-state index contributed by atoms with van der Waals surface area (Å²) in [6.45, 7) is 0. The van der Waals surface area contributed by atoms with Crippen molar-refractivity contribution < 1.29 is 22.9 Å². The fourth-order valence-electron chi connectivity index (χ4n) is 2.51. The number of rotatable bonds is 6. The van der Waals surface area contributed by atoms with E-state index in [0.717, 1.165) is 24.3 Å². The number of anilines is 2. The van der Waals surface area contributed by atoms with Gasteiger partial charge in [0, 0.05) is 29.1 Å². The summed E-state index contributed by atoms with van der Waals surface area (Å²) in [6, 6.07) is 18.0. The fourth-order valence-corrected chi connectivity index (χ4v) is 3.48. The summed E-state index contributed by atoms with van der Waals surface area (Å²) in [4.78, 5) is 34.0. The highest BCUT2D eigenvalue weighted by Gasteiger charge is 2.19. The third-order valence-corrected chi connectivity index (χ3v) is 5.37. The number of nitrogens with one attached hydrogen (secondary N) is 3. The zero-order valence-electron chi connectivity index (χ0n) is 15.8. The monoisotopic (exact) mass is 440 g/mol. The number of benzene rings is 3. The van der Waals surface area contributed by atoms with Crippen molar-refractivity contribution in [3.63, 3.8) is 0 Å². The Kier molecular flexibility index (Phi) is 6.26. The van der Waals surface area contributed by atoms with Crippen molar-refractivity contribution in [2.45, 2.75) is 4.90 Å². The van der Waals surface area contributed by atoms with Gasteiger partial charge in [-0.05, 0) is 48.5 Å². The number of hydrogen-bond donors (Lipinski definition) is 3. The van der Waals surface area contributed by atoms with Crippen molar-refractivity contribution in [3.05, 3.63) is 94.5 Å². The number of amides is 3. The van der Waals surface area contributed by atoms with Crippen molar-refractivity contribution in [2.75, 3.05) is 10.6 Å². The van der Waals surface area contributed by atoms with Gasteiger partial charge >= 0.3 is 6.03 Å². The van der Waals surface area contributed by atoms with Crippen LogP contribution in [0.25, 0.3) is 0 Å². The minimum Gasteiger partial charge on any atom is -0.308 e. The average Bonchev–Trinajstić information content (AvgIpc) is 2.74. The summed E-state index contributed by atoms with van der Waals surface area (Å²) in [5.74, 6) is -0.931. The van der Waals surface area contributed by atoms with Gasteiger partial charge in [0.1, 0.15) is 0 Å². The predicted molar refractivity (Wildman–Crippen MR) is 113 cm³/mol. The van der Waals surface area contributed by atoms with Crippen LogP contribution in [-0.4, -0.2) is 25.3 Å². The molecule has 0 aromatic heterocycles. The van der Waals surface area contributed by atoms with Crippen molar-refractivity contribution in [1.82, 2.24) is 4.72 Å². The third-order valence-electron chi connectivity index (χ3n) is 4.02. The number of carbonyl (C=O) groups is 2. The second kappa shape index (κ2) is 9.05. The lowest BCUT2D eigenvalue weighted by molar-refractivity contribution is -0.384. The molecule has 3 N–H and O–H groups in total. The van der Waals surface area contributed by atoms with Crippen LogP contribution >= 0.6 is 0 Å². The molecule has 3 rings (SSSR count). The molecule has 3 aromatic carbocycles. The number of carbonyl (C=O) groups excluding carboxylic acids is 2. The predicted octanol–water partition coefficient (Wildman–Crippen LogP) is 3.36. The summed E-state index contributed by atoms with van der Waals surface area (Å²) in [6.07, 6.45) is 0. The minimum atomic E-state index is -4.19. The van der Waals surface area contributed by atoms with Crippen LogP contribution in [0.4, 0.5) is 21.9 Å². The zero-order valence-corrected chi connectivity index (χ0v) is 16.6. The number of para-hydroxylation sites is 1. The van der Waals surface area contributed by atoms with Crippen molar-refractivity contribution in [3.8, 4) is 0 Å². The molecule has 0 aliphatic rings. The van der Waals surface area contributed by atoms with Gasteiger partial charge in [-0.3, -0.25) is 14.9 Å². The molecule has 0 saturated heterocycles. The van der Waals surface area contributed by atoms with Crippen molar-refractivity contribution >= 4 is 39.0 Å². The first-order valence-electron chi connectivity index (χ1n) is 8.79.